The molecule has 0 aromatic carbocycles. The van der Waals surface area contributed by atoms with Crippen LogP contribution in [0.4, 0.5) is 0 Å². The number of ether oxygens (including phenoxy) is 2. The van der Waals surface area contributed by atoms with Gasteiger partial charge in [0.05, 0.1) is 13.7 Å². The van der Waals surface area contributed by atoms with E-state index in [0.717, 1.165) is 0 Å². The van der Waals surface area contributed by atoms with Crippen LogP contribution in [0.2, 0.25) is 0 Å². The number of Topliss-reactive ketones (excluding diaryl/α,β-unsaturated/α-hetero) is 1. The van der Waals surface area contributed by atoms with Gasteiger partial charge in [0.2, 0.25) is 0 Å². The molecule has 0 aromatic heterocycles. The molecule has 0 radical (unpaired) electrons. The third-order valence-corrected chi connectivity index (χ3v) is 1.58. The van der Waals surface area contributed by atoms with Gasteiger partial charge in [-0.3, -0.25) is 4.79 Å². The van der Waals surface area contributed by atoms with Crippen molar-refractivity contribution >= 4 is 11.8 Å². The van der Waals surface area contributed by atoms with Crippen molar-refractivity contribution in [1.82, 2.24) is 0 Å². The Labute approximate surface area is 64.5 Å². The van der Waals surface area contributed by atoms with Crippen molar-refractivity contribution in [3.8, 4) is 0 Å². The molecule has 0 bridgehead atoms. The molecule has 4 heteroatoms. The van der Waals surface area contributed by atoms with Crippen LogP contribution < -0.4 is 0 Å². The lowest BCUT2D eigenvalue weighted by molar-refractivity contribution is -0.160. The molecule has 1 atom stereocenters. The van der Waals surface area contributed by atoms with Gasteiger partial charge in [0.1, 0.15) is 5.78 Å². The van der Waals surface area contributed by atoms with Gasteiger partial charge in [-0.2, -0.15) is 0 Å². The summed E-state index contributed by atoms with van der Waals surface area (Å²) in [7, 11) is 1.28. The minimum Gasteiger partial charge on any atom is -0.467 e. The summed E-state index contributed by atoms with van der Waals surface area (Å²) in [4.78, 5) is 21.6. The van der Waals surface area contributed by atoms with E-state index in [2.05, 4.69) is 4.74 Å². The largest absolute Gasteiger partial charge is 0.467 e. The summed E-state index contributed by atoms with van der Waals surface area (Å²) < 4.78 is 9.43. The minimum atomic E-state index is -0.666. The van der Waals surface area contributed by atoms with Crippen LogP contribution in [0.5, 0.6) is 0 Å². The number of methoxy groups -OCH3 is 1. The Hall–Kier alpha value is -0.900. The Bertz CT molecular complexity index is 175. The number of carbonyl (C=O) groups is 2. The van der Waals surface area contributed by atoms with Crippen molar-refractivity contribution in [2.75, 3.05) is 13.7 Å². The van der Waals surface area contributed by atoms with Gasteiger partial charge >= 0.3 is 5.97 Å². The van der Waals surface area contributed by atoms with Gasteiger partial charge in [0.25, 0.3) is 0 Å². The van der Waals surface area contributed by atoms with Gasteiger partial charge < -0.3 is 9.47 Å². The van der Waals surface area contributed by atoms with Crippen molar-refractivity contribution in [2.24, 2.45) is 0 Å². The molecule has 1 aliphatic heterocycles. The highest BCUT2D eigenvalue weighted by Crippen LogP contribution is 2.10. The van der Waals surface area contributed by atoms with Crippen molar-refractivity contribution in [3.05, 3.63) is 0 Å². The van der Waals surface area contributed by atoms with Gasteiger partial charge in [-0.1, -0.05) is 0 Å². The van der Waals surface area contributed by atoms with Crippen LogP contribution in [0.15, 0.2) is 0 Å². The van der Waals surface area contributed by atoms with Gasteiger partial charge in [0.15, 0.2) is 6.10 Å². The molecular formula is C7H10O4. The molecule has 0 spiro atoms. The van der Waals surface area contributed by atoms with Gasteiger partial charge in [-0.15, -0.1) is 0 Å². The molecule has 1 aliphatic rings. The lowest BCUT2D eigenvalue weighted by Gasteiger charge is -2.18. The van der Waals surface area contributed by atoms with E-state index in [0.29, 0.717) is 13.0 Å². The Morgan fingerprint density at radius 2 is 2.45 bits per heavy atom. The first-order chi connectivity index (χ1) is 5.24. The summed E-state index contributed by atoms with van der Waals surface area (Å²) >= 11 is 0. The quantitative estimate of drug-likeness (QED) is 0.500. The first-order valence-electron chi connectivity index (χ1n) is 3.45. The van der Waals surface area contributed by atoms with E-state index in [1.807, 2.05) is 0 Å². The maximum Gasteiger partial charge on any atom is 0.335 e. The Morgan fingerprint density at radius 1 is 1.73 bits per heavy atom. The fourth-order valence-electron chi connectivity index (χ4n) is 0.966. The molecule has 4 nitrogen and oxygen atoms in total. The minimum absolute atomic E-state index is 0.0617. The van der Waals surface area contributed by atoms with E-state index >= 15 is 0 Å². The standard InChI is InChI=1S/C7H10O4/c1-10-7(9)6-4-5(8)2-3-11-6/h6H,2-4H2,1H3. The third kappa shape index (κ3) is 2.01. The highest BCUT2D eigenvalue weighted by Gasteiger charge is 2.26. The van der Waals surface area contributed by atoms with Crippen LogP contribution in [0.25, 0.3) is 0 Å². The first kappa shape index (κ1) is 8.20. The second-order valence-corrected chi connectivity index (χ2v) is 2.38. The number of hydrogen-bond donors (Lipinski definition) is 0. The maximum atomic E-state index is 10.8. The van der Waals surface area contributed by atoms with Gasteiger partial charge in [0, 0.05) is 12.8 Å². The number of esters is 1. The Morgan fingerprint density at radius 3 is 3.00 bits per heavy atom. The van der Waals surface area contributed by atoms with E-state index in [1.165, 1.54) is 7.11 Å². The summed E-state index contributed by atoms with van der Waals surface area (Å²) in [6.45, 7) is 0.332. The highest BCUT2D eigenvalue weighted by molar-refractivity contribution is 5.86. The highest BCUT2D eigenvalue weighted by atomic mass is 16.6. The van der Waals surface area contributed by atoms with E-state index in [-0.39, 0.29) is 12.2 Å². The molecule has 1 unspecified atom stereocenters. The topological polar surface area (TPSA) is 52.6 Å². The normalized spacial score (nSPS) is 24.8. The molecule has 0 saturated carbocycles. The zero-order valence-corrected chi connectivity index (χ0v) is 6.33. The van der Waals surface area contributed by atoms with Crippen LogP contribution >= 0.6 is 0 Å². The molecule has 62 valence electrons. The zero-order chi connectivity index (χ0) is 8.27. The summed E-state index contributed by atoms with van der Waals surface area (Å²) in [6.07, 6.45) is -0.0959. The van der Waals surface area contributed by atoms with E-state index in [4.69, 9.17) is 4.74 Å². The van der Waals surface area contributed by atoms with Gasteiger partial charge in [-0.25, -0.2) is 4.79 Å². The number of carbonyl (C=O) groups excluding carboxylic acids is 2. The lowest BCUT2D eigenvalue weighted by atomic mass is 10.1. The Kier molecular flexibility index (Phi) is 2.59. The summed E-state index contributed by atoms with van der Waals surface area (Å²) in [5, 5.41) is 0. The molecule has 0 aromatic rings. The van der Waals surface area contributed by atoms with Crippen LogP contribution in [0, 0.1) is 0 Å². The molecule has 1 fully saturated rings. The average molecular weight is 158 g/mol. The second-order valence-electron chi connectivity index (χ2n) is 2.38. The van der Waals surface area contributed by atoms with Crippen molar-refractivity contribution in [1.29, 1.82) is 0 Å². The fraction of sp³-hybridized carbons (Fsp3) is 0.714. The molecule has 1 heterocycles. The summed E-state index contributed by atoms with van der Waals surface area (Å²) in [5.74, 6) is -0.398. The molecule has 0 amide bonds. The molecule has 11 heavy (non-hydrogen) atoms. The number of hydrogen-bond acceptors (Lipinski definition) is 4. The monoisotopic (exact) mass is 158 g/mol. The molecule has 0 aliphatic carbocycles. The van der Waals surface area contributed by atoms with Crippen LogP contribution in [0.3, 0.4) is 0 Å². The van der Waals surface area contributed by atoms with E-state index < -0.39 is 12.1 Å². The fourth-order valence-corrected chi connectivity index (χ4v) is 0.966. The second kappa shape index (κ2) is 3.48. The molecule has 0 N–H and O–H groups in total. The van der Waals surface area contributed by atoms with Crippen LogP contribution in [-0.4, -0.2) is 31.6 Å². The van der Waals surface area contributed by atoms with Crippen LogP contribution in [0.1, 0.15) is 12.8 Å². The van der Waals surface area contributed by atoms with Crippen molar-refractivity contribution in [3.63, 3.8) is 0 Å². The van der Waals surface area contributed by atoms with Crippen molar-refractivity contribution in [2.45, 2.75) is 18.9 Å². The lowest BCUT2D eigenvalue weighted by Crippen LogP contribution is -2.33. The number of rotatable bonds is 1. The Balaban J connectivity index is 2.45. The zero-order valence-electron chi connectivity index (χ0n) is 6.33. The van der Waals surface area contributed by atoms with Crippen LogP contribution in [-0.2, 0) is 19.1 Å². The summed E-state index contributed by atoms with van der Waals surface area (Å²) in [5.41, 5.74) is 0. The predicted molar refractivity (Wildman–Crippen MR) is 36.0 cm³/mol. The molecule has 1 saturated heterocycles. The maximum absolute atomic E-state index is 10.8. The van der Waals surface area contributed by atoms with Crippen molar-refractivity contribution < 1.29 is 19.1 Å². The first-order valence-corrected chi connectivity index (χ1v) is 3.45. The van der Waals surface area contributed by atoms with E-state index in [9.17, 15) is 9.59 Å². The number of ketones is 1. The average Bonchev–Trinajstić information content (AvgIpc) is 2.03. The molecule has 1 rings (SSSR count). The van der Waals surface area contributed by atoms with E-state index in [1.54, 1.807) is 0 Å². The predicted octanol–water partition coefficient (Wildman–Crippen LogP) is -0.0925. The smallest absolute Gasteiger partial charge is 0.335 e. The van der Waals surface area contributed by atoms with Gasteiger partial charge in [-0.05, 0) is 0 Å². The third-order valence-electron chi connectivity index (χ3n) is 1.58. The molecular weight excluding hydrogens is 148 g/mol. The SMILES string of the molecule is COC(=O)C1CC(=O)CCO1. The summed E-state index contributed by atoms with van der Waals surface area (Å²) in [6, 6.07) is 0.